The van der Waals surface area contributed by atoms with Crippen LogP contribution in [0.1, 0.15) is 5.56 Å². The van der Waals surface area contributed by atoms with E-state index in [0.717, 1.165) is 46.7 Å². The maximum Gasteiger partial charge on any atom is 0.246 e. The zero-order chi connectivity index (χ0) is 22.9. The van der Waals surface area contributed by atoms with Crippen molar-refractivity contribution >= 4 is 17.1 Å². The summed E-state index contributed by atoms with van der Waals surface area (Å²) < 4.78 is 3.65. The summed E-state index contributed by atoms with van der Waals surface area (Å²) >= 11 is 0. The van der Waals surface area contributed by atoms with Gasteiger partial charge in [0.15, 0.2) is 0 Å². The van der Waals surface area contributed by atoms with E-state index >= 15 is 0 Å². The Bertz CT molecular complexity index is 1380. The minimum atomic E-state index is -0.0177. The molecular weight excluding hydrogens is 414 g/mol. The summed E-state index contributed by atoms with van der Waals surface area (Å²) in [4.78, 5) is 20.4. The second kappa shape index (κ2) is 8.28. The van der Waals surface area contributed by atoms with Crippen LogP contribution >= 0.6 is 0 Å². The quantitative estimate of drug-likeness (QED) is 0.458. The smallest absolute Gasteiger partial charge is 0.246 e. The van der Waals surface area contributed by atoms with E-state index in [4.69, 9.17) is 0 Å². The second-order valence-electron chi connectivity index (χ2n) is 8.09. The molecule has 1 aromatic carbocycles. The van der Waals surface area contributed by atoms with Crippen molar-refractivity contribution in [1.82, 2.24) is 24.1 Å². The third-order valence-corrected chi connectivity index (χ3v) is 6.04. The Morgan fingerprint density at radius 3 is 2.52 bits per heavy atom. The molecule has 3 aromatic heterocycles. The van der Waals surface area contributed by atoms with E-state index in [-0.39, 0.29) is 5.91 Å². The van der Waals surface area contributed by atoms with Crippen molar-refractivity contribution < 1.29 is 4.79 Å². The highest BCUT2D eigenvalue weighted by Crippen LogP contribution is 2.32. The number of amides is 1. The molecular formula is C25H23N7O. The van der Waals surface area contributed by atoms with Gasteiger partial charge in [-0.15, -0.1) is 0 Å². The third-order valence-electron chi connectivity index (χ3n) is 6.04. The zero-order valence-corrected chi connectivity index (χ0v) is 18.3. The van der Waals surface area contributed by atoms with E-state index in [1.165, 1.54) is 6.08 Å². The molecule has 0 radical (unpaired) electrons. The van der Waals surface area contributed by atoms with E-state index in [2.05, 4.69) is 58.0 Å². The fourth-order valence-electron chi connectivity index (χ4n) is 4.29. The first-order valence-corrected chi connectivity index (χ1v) is 10.7. The summed E-state index contributed by atoms with van der Waals surface area (Å²) in [5, 5.41) is 14.0. The Labute approximate surface area is 191 Å². The Kier molecular flexibility index (Phi) is 5.15. The molecule has 0 bridgehead atoms. The van der Waals surface area contributed by atoms with E-state index in [9.17, 15) is 10.1 Å². The first-order chi connectivity index (χ1) is 16.1. The second-order valence-corrected chi connectivity index (χ2v) is 8.09. The molecule has 0 atom stereocenters. The number of nitriles is 1. The standard InChI is InChI=1S/C25H23N7O/c1-3-24(33)31-10-8-30(9-11-31)21-6-4-18(5-7-21)22-12-19(23-16-29(2)17-27-23)15-32-25(22)20(13-26)14-28-32/h3-7,12,14-17H,1,8-11H2,2H3. The highest BCUT2D eigenvalue weighted by atomic mass is 16.2. The van der Waals surface area contributed by atoms with Gasteiger partial charge >= 0.3 is 0 Å². The van der Waals surface area contributed by atoms with E-state index < -0.39 is 0 Å². The van der Waals surface area contributed by atoms with Gasteiger partial charge < -0.3 is 14.4 Å². The van der Waals surface area contributed by atoms with Crippen molar-refractivity contribution in [3.63, 3.8) is 0 Å². The maximum atomic E-state index is 11.8. The van der Waals surface area contributed by atoms with Crippen molar-refractivity contribution in [3.05, 3.63) is 73.5 Å². The SMILES string of the molecule is C=CC(=O)N1CCN(c2ccc(-c3cc(-c4cn(C)cn4)cn4ncc(C#N)c34)cc2)CC1. The van der Waals surface area contributed by atoms with Crippen LogP contribution in [-0.4, -0.2) is 56.2 Å². The molecule has 1 amide bonds. The van der Waals surface area contributed by atoms with Crippen molar-refractivity contribution in [1.29, 1.82) is 5.26 Å². The van der Waals surface area contributed by atoms with Gasteiger partial charge in [0.1, 0.15) is 6.07 Å². The molecule has 4 heterocycles. The number of aryl methyl sites for hydroxylation is 1. The number of imidazole rings is 1. The fraction of sp³-hybridized carbons (Fsp3) is 0.200. The van der Waals surface area contributed by atoms with Gasteiger partial charge in [0.05, 0.1) is 29.3 Å². The Morgan fingerprint density at radius 2 is 1.88 bits per heavy atom. The number of nitrogens with zero attached hydrogens (tertiary/aromatic N) is 7. The Morgan fingerprint density at radius 1 is 1.12 bits per heavy atom. The number of carbonyl (C=O) groups excluding carboxylic acids is 1. The summed E-state index contributed by atoms with van der Waals surface area (Å²) in [7, 11) is 1.93. The van der Waals surface area contributed by atoms with E-state index in [1.54, 1.807) is 17.0 Å². The molecule has 164 valence electrons. The molecule has 1 saturated heterocycles. The predicted molar refractivity (Wildman–Crippen MR) is 127 cm³/mol. The highest BCUT2D eigenvalue weighted by molar-refractivity contribution is 5.88. The average molecular weight is 438 g/mol. The van der Waals surface area contributed by atoms with Gasteiger partial charge in [0.25, 0.3) is 0 Å². The van der Waals surface area contributed by atoms with Gasteiger partial charge in [0, 0.05) is 62.4 Å². The van der Waals surface area contributed by atoms with Crippen LogP contribution in [0.3, 0.4) is 0 Å². The molecule has 0 unspecified atom stereocenters. The van der Waals surface area contributed by atoms with Crippen LogP contribution in [0.15, 0.2) is 67.9 Å². The van der Waals surface area contributed by atoms with E-state index in [0.29, 0.717) is 18.7 Å². The number of rotatable bonds is 4. The zero-order valence-electron chi connectivity index (χ0n) is 18.3. The Hall–Kier alpha value is -4.38. The van der Waals surface area contributed by atoms with Gasteiger partial charge in [-0.1, -0.05) is 18.7 Å². The lowest BCUT2D eigenvalue weighted by molar-refractivity contribution is -0.126. The molecule has 0 spiro atoms. The van der Waals surface area contributed by atoms with Crippen LogP contribution in [0.4, 0.5) is 5.69 Å². The molecule has 0 saturated carbocycles. The average Bonchev–Trinajstić information content (AvgIpc) is 3.49. The van der Waals surface area contributed by atoms with E-state index in [1.807, 2.05) is 28.9 Å². The van der Waals surface area contributed by atoms with Crippen LogP contribution < -0.4 is 4.90 Å². The van der Waals surface area contributed by atoms with Crippen LogP contribution in [0.2, 0.25) is 0 Å². The van der Waals surface area contributed by atoms with Crippen molar-refractivity contribution in [2.24, 2.45) is 7.05 Å². The molecule has 0 N–H and O–H groups in total. The van der Waals surface area contributed by atoms with Crippen molar-refractivity contribution in [2.75, 3.05) is 31.1 Å². The summed E-state index contributed by atoms with van der Waals surface area (Å²) in [6.45, 7) is 6.49. The Balaban J connectivity index is 1.49. The van der Waals surface area contributed by atoms with Crippen molar-refractivity contribution in [2.45, 2.75) is 0 Å². The minimum Gasteiger partial charge on any atom is -0.368 e. The number of aromatic nitrogens is 4. The first kappa shape index (κ1) is 20.5. The number of benzene rings is 1. The summed E-state index contributed by atoms with van der Waals surface area (Å²) in [5.41, 5.74) is 6.12. The fourth-order valence-corrected chi connectivity index (χ4v) is 4.29. The monoisotopic (exact) mass is 437 g/mol. The molecule has 1 fully saturated rings. The molecule has 33 heavy (non-hydrogen) atoms. The van der Waals surface area contributed by atoms with Crippen LogP contribution in [0, 0.1) is 11.3 Å². The largest absolute Gasteiger partial charge is 0.368 e. The van der Waals surface area contributed by atoms with Crippen LogP contribution in [0.25, 0.3) is 27.9 Å². The number of fused-ring (bicyclic) bond motifs is 1. The van der Waals surface area contributed by atoms with Crippen LogP contribution in [-0.2, 0) is 11.8 Å². The maximum absolute atomic E-state index is 11.8. The topological polar surface area (TPSA) is 82.5 Å². The molecule has 5 rings (SSSR count). The normalized spacial score (nSPS) is 13.8. The molecule has 1 aliphatic heterocycles. The van der Waals surface area contributed by atoms with Crippen LogP contribution in [0.5, 0.6) is 0 Å². The predicted octanol–water partition coefficient (Wildman–Crippen LogP) is 3.11. The lowest BCUT2D eigenvalue weighted by Gasteiger charge is -2.35. The molecule has 8 heteroatoms. The van der Waals surface area contributed by atoms with Crippen molar-refractivity contribution in [3.8, 4) is 28.5 Å². The summed E-state index contributed by atoms with van der Waals surface area (Å²) in [6.07, 6.45) is 8.59. The molecule has 4 aromatic rings. The number of hydrogen-bond donors (Lipinski definition) is 0. The molecule has 1 aliphatic rings. The van der Waals surface area contributed by atoms with Gasteiger partial charge in [-0.25, -0.2) is 9.50 Å². The lowest BCUT2D eigenvalue weighted by Crippen LogP contribution is -2.48. The molecule has 0 aliphatic carbocycles. The number of carbonyl (C=O) groups is 1. The third kappa shape index (κ3) is 3.74. The summed E-state index contributed by atoms with van der Waals surface area (Å²) in [5.74, 6) is -0.0177. The first-order valence-electron chi connectivity index (χ1n) is 10.7. The molecule has 8 nitrogen and oxygen atoms in total. The highest BCUT2D eigenvalue weighted by Gasteiger charge is 2.20. The number of hydrogen-bond acceptors (Lipinski definition) is 5. The minimum absolute atomic E-state index is 0.0177. The lowest BCUT2D eigenvalue weighted by atomic mass is 10.0. The van der Waals surface area contributed by atoms with Gasteiger partial charge in [0.2, 0.25) is 5.91 Å². The number of pyridine rings is 1. The summed E-state index contributed by atoms with van der Waals surface area (Å²) in [6, 6.07) is 12.6. The van der Waals surface area contributed by atoms with Gasteiger partial charge in [-0.05, 0) is 29.8 Å². The van der Waals surface area contributed by atoms with Gasteiger partial charge in [-0.3, -0.25) is 4.79 Å². The number of piperazine rings is 1. The number of anilines is 1. The van der Waals surface area contributed by atoms with Gasteiger partial charge in [-0.2, -0.15) is 10.4 Å².